The number of alkyl halides is 3. The van der Waals surface area contributed by atoms with Gasteiger partial charge in [-0.3, -0.25) is 9.59 Å². The lowest BCUT2D eigenvalue weighted by Crippen LogP contribution is -2.27. The molecular formula is C30H30ClF4NO4. The molecule has 0 heterocycles. The zero-order valence-electron chi connectivity index (χ0n) is 21.9. The molecular weight excluding hydrogens is 550 g/mol. The molecule has 0 unspecified atom stereocenters. The highest BCUT2D eigenvalue weighted by Gasteiger charge is 2.31. The summed E-state index contributed by atoms with van der Waals surface area (Å²) in [6.07, 6.45) is -1.53. The van der Waals surface area contributed by atoms with Gasteiger partial charge in [0.25, 0.3) is 0 Å². The van der Waals surface area contributed by atoms with Crippen LogP contribution in [0.25, 0.3) is 11.1 Å². The van der Waals surface area contributed by atoms with Crippen molar-refractivity contribution in [2.75, 3.05) is 11.9 Å². The zero-order valence-corrected chi connectivity index (χ0v) is 22.6. The lowest BCUT2D eigenvalue weighted by molar-refractivity contribution is -0.138. The monoisotopic (exact) mass is 579 g/mol. The normalized spacial score (nSPS) is 12.2. The summed E-state index contributed by atoms with van der Waals surface area (Å²) in [5.74, 6) is -1.65. The van der Waals surface area contributed by atoms with Crippen LogP contribution in [0, 0.1) is 5.82 Å². The van der Waals surface area contributed by atoms with Crippen LogP contribution in [0.2, 0.25) is 5.02 Å². The molecule has 2 N–H and O–H groups in total. The second kappa shape index (κ2) is 14.2. The highest BCUT2D eigenvalue weighted by Crippen LogP contribution is 2.36. The zero-order chi connectivity index (χ0) is 29.3. The number of anilines is 1. The van der Waals surface area contributed by atoms with Crippen molar-refractivity contribution in [1.29, 1.82) is 0 Å². The molecule has 5 nitrogen and oxygen atoms in total. The third kappa shape index (κ3) is 8.98. The van der Waals surface area contributed by atoms with E-state index in [-0.39, 0.29) is 53.8 Å². The van der Waals surface area contributed by atoms with Gasteiger partial charge in [0.05, 0.1) is 16.6 Å². The predicted molar refractivity (Wildman–Crippen MR) is 147 cm³/mol. The Morgan fingerprint density at radius 3 is 2.27 bits per heavy atom. The van der Waals surface area contributed by atoms with Gasteiger partial charge in [-0.05, 0) is 67.4 Å². The van der Waals surface area contributed by atoms with E-state index in [9.17, 15) is 27.2 Å². The second-order valence-electron chi connectivity index (χ2n) is 9.38. The highest BCUT2D eigenvalue weighted by atomic mass is 35.5. The van der Waals surface area contributed by atoms with Crippen LogP contribution in [-0.2, 0) is 11.0 Å². The molecule has 10 heteroatoms. The number of rotatable bonds is 14. The van der Waals surface area contributed by atoms with E-state index in [1.165, 1.54) is 12.1 Å². The molecule has 0 amide bonds. The van der Waals surface area contributed by atoms with Crippen LogP contribution in [0.5, 0.6) is 5.75 Å². The van der Waals surface area contributed by atoms with Gasteiger partial charge in [0.2, 0.25) is 0 Å². The van der Waals surface area contributed by atoms with Crippen molar-refractivity contribution in [2.45, 2.75) is 57.7 Å². The number of hydrogen-bond acceptors (Lipinski definition) is 4. The minimum Gasteiger partial charge on any atom is -0.491 e. The number of carbonyl (C=O) groups excluding carboxylic acids is 1. The molecule has 0 aliphatic carbocycles. The molecule has 0 bridgehead atoms. The van der Waals surface area contributed by atoms with Crippen LogP contribution in [0.15, 0.2) is 60.7 Å². The Kier molecular flexibility index (Phi) is 11.0. The molecule has 0 aliphatic rings. The fraction of sp³-hybridized carbons (Fsp3) is 0.333. The summed E-state index contributed by atoms with van der Waals surface area (Å²) in [6, 6.07) is 13.8. The molecule has 3 rings (SSSR count). The van der Waals surface area contributed by atoms with Gasteiger partial charge in [-0.15, -0.1) is 0 Å². The molecule has 0 saturated carbocycles. The fourth-order valence-corrected chi connectivity index (χ4v) is 4.36. The van der Waals surface area contributed by atoms with Crippen molar-refractivity contribution >= 4 is 29.0 Å². The second-order valence-corrected chi connectivity index (χ2v) is 9.78. The first-order valence-electron chi connectivity index (χ1n) is 12.9. The van der Waals surface area contributed by atoms with Crippen molar-refractivity contribution in [3.63, 3.8) is 0 Å². The Hall–Kier alpha value is -3.59. The Morgan fingerprint density at radius 1 is 0.975 bits per heavy atom. The first kappa shape index (κ1) is 30.9. The lowest BCUT2D eigenvalue weighted by atomic mass is 10.0. The summed E-state index contributed by atoms with van der Waals surface area (Å²) >= 11 is 6.34. The molecule has 1 atom stereocenters. The predicted octanol–water partition coefficient (Wildman–Crippen LogP) is 8.65. The number of halogens is 5. The topological polar surface area (TPSA) is 75.6 Å². The average molecular weight is 580 g/mol. The molecule has 0 radical (unpaired) electrons. The quantitative estimate of drug-likeness (QED) is 0.148. The third-order valence-electron chi connectivity index (χ3n) is 6.26. The van der Waals surface area contributed by atoms with Gasteiger partial charge < -0.3 is 15.2 Å². The Balaban J connectivity index is 1.64. The number of ketones is 1. The summed E-state index contributed by atoms with van der Waals surface area (Å²) in [5, 5.41) is 12.3. The van der Waals surface area contributed by atoms with Crippen molar-refractivity contribution in [1.82, 2.24) is 0 Å². The summed E-state index contributed by atoms with van der Waals surface area (Å²) in [4.78, 5) is 22.9. The third-order valence-corrected chi connectivity index (χ3v) is 6.57. The number of unbranched alkanes of at least 4 members (excludes halogenated alkanes) is 1. The first-order chi connectivity index (χ1) is 19.0. The minimum absolute atomic E-state index is 0.0455. The van der Waals surface area contributed by atoms with Crippen molar-refractivity contribution in [3.8, 4) is 16.9 Å². The van der Waals surface area contributed by atoms with Crippen LogP contribution < -0.4 is 10.1 Å². The number of carboxylic acids is 1. The van der Waals surface area contributed by atoms with Gasteiger partial charge in [0.15, 0.2) is 5.78 Å². The van der Waals surface area contributed by atoms with Crippen LogP contribution in [-0.4, -0.2) is 29.5 Å². The maximum absolute atomic E-state index is 14.4. The summed E-state index contributed by atoms with van der Waals surface area (Å²) in [5.41, 5.74) is 0.427. The molecule has 3 aromatic rings. The van der Waals surface area contributed by atoms with Crippen LogP contribution >= 0.6 is 11.6 Å². The van der Waals surface area contributed by atoms with Gasteiger partial charge in [-0.2, -0.15) is 13.2 Å². The number of ether oxygens (including phenoxy) is 1. The van der Waals surface area contributed by atoms with Crippen LogP contribution in [0.3, 0.4) is 0 Å². The van der Waals surface area contributed by atoms with E-state index in [4.69, 9.17) is 21.4 Å². The molecule has 40 heavy (non-hydrogen) atoms. The number of benzene rings is 3. The van der Waals surface area contributed by atoms with E-state index < -0.39 is 23.5 Å². The molecule has 0 aliphatic heterocycles. The van der Waals surface area contributed by atoms with E-state index in [0.717, 1.165) is 37.1 Å². The van der Waals surface area contributed by atoms with Gasteiger partial charge >= 0.3 is 12.1 Å². The minimum atomic E-state index is -4.65. The van der Waals surface area contributed by atoms with Crippen molar-refractivity contribution < 1.29 is 37.0 Å². The molecule has 3 aromatic carbocycles. The SMILES string of the molecule is CCCC[C@@H](COc1ccc(-c2ccc(C(F)(F)F)cc2F)c(Cl)c1)Nc1ccc(C(=O)CCCC(=O)O)cc1. The van der Waals surface area contributed by atoms with E-state index in [1.54, 1.807) is 30.3 Å². The smallest absolute Gasteiger partial charge is 0.416 e. The number of nitrogens with one attached hydrogen (secondary N) is 1. The van der Waals surface area contributed by atoms with Crippen molar-refractivity contribution in [3.05, 3.63) is 82.6 Å². The largest absolute Gasteiger partial charge is 0.491 e. The van der Waals surface area contributed by atoms with Gasteiger partial charge in [-0.1, -0.05) is 37.4 Å². The molecule has 214 valence electrons. The van der Waals surface area contributed by atoms with Crippen LogP contribution in [0.4, 0.5) is 23.2 Å². The Labute approximate surface area is 235 Å². The molecule has 0 spiro atoms. The maximum Gasteiger partial charge on any atom is 0.416 e. The van der Waals surface area contributed by atoms with E-state index in [0.29, 0.717) is 17.4 Å². The summed E-state index contributed by atoms with van der Waals surface area (Å²) in [6.45, 7) is 2.35. The number of carbonyl (C=O) groups is 2. The number of aliphatic carboxylic acids is 1. The molecule has 0 aromatic heterocycles. The Bertz CT molecular complexity index is 1310. The van der Waals surface area contributed by atoms with Gasteiger partial charge in [0, 0.05) is 35.2 Å². The number of Topliss-reactive ketones (excluding diaryl/α,β-unsaturated/α-hetero) is 1. The summed E-state index contributed by atoms with van der Waals surface area (Å²) in [7, 11) is 0. The number of hydrogen-bond donors (Lipinski definition) is 2. The van der Waals surface area contributed by atoms with E-state index in [1.807, 2.05) is 0 Å². The van der Waals surface area contributed by atoms with Crippen molar-refractivity contribution in [2.24, 2.45) is 0 Å². The number of carboxylic acid groups (broad SMARTS) is 1. The highest BCUT2D eigenvalue weighted by molar-refractivity contribution is 6.33. The first-order valence-corrected chi connectivity index (χ1v) is 13.3. The Morgan fingerprint density at radius 2 is 1.68 bits per heavy atom. The van der Waals surface area contributed by atoms with Gasteiger partial charge in [0.1, 0.15) is 18.2 Å². The molecule has 0 saturated heterocycles. The lowest BCUT2D eigenvalue weighted by Gasteiger charge is -2.21. The van der Waals surface area contributed by atoms with E-state index >= 15 is 0 Å². The standard InChI is InChI=1S/C30H30ClF4NO4/c1-2-3-5-22(36-21-11-8-19(9-12-21)28(37)6-4-7-29(38)39)18-40-23-13-15-24(26(31)17-23)25-14-10-20(16-27(25)32)30(33,34)35/h8-17,22,36H,2-7,18H2,1H3,(H,38,39)/t22-/m0/s1. The summed E-state index contributed by atoms with van der Waals surface area (Å²) < 4.78 is 59.0. The van der Waals surface area contributed by atoms with Gasteiger partial charge in [-0.25, -0.2) is 4.39 Å². The fourth-order valence-electron chi connectivity index (χ4n) is 4.09. The van der Waals surface area contributed by atoms with E-state index in [2.05, 4.69) is 12.2 Å². The maximum atomic E-state index is 14.4. The molecule has 0 fully saturated rings. The van der Waals surface area contributed by atoms with Crippen LogP contribution in [0.1, 0.15) is 61.4 Å². The average Bonchev–Trinajstić information content (AvgIpc) is 2.90.